The van der Waals surface area contributed by atoms with Crippen LogP contribution in [-0.4, -0.2) is 46.8 Å². The van der Waals surface area contributed by atoms with Crippen molar-refractivity contribution < 1.29 is 4.74 Å². The van der Waals surface area contributed by atoms with E-state index >= 15 is 0 Å². The first-order valence-electron chi connectivity index (χ1n) is 8.45. The predicted octanol–water partition coefficient (Wildman–Crippen LogP) is 3.20. The second-order valence-corrected chi connectivity index (χ2v) is 8.22. The van der Waals surface area contributed by atoms with Gasteiger partial charge in [0, 0.05) is 24.7 Å². The van der Waals surface area contributed by atoms with Gasteiger partial charge in [-0.3, -0.25) is 5.43 Å². The quantitative estimate of drug-likeness (QED) is 0.846. The minimum absolute atomic E-state index is 0.198. The predicted molar refractivity (Wildman–Crippen MR) is 86.0 cm³/mol. The molecule has 0 aliphatic carbocycles. The summed E-state index contributed by atoms with van der Waals surface area (Å²) in [5, 5.41) is 2.55. The summed E-state index contributed by atoms with van der Waals surface area (Å²) < 4.78 is 6.21. The first-order valence-corrected chi connectivity index (χ1v) is 9.60. The third-order valence-corrected chi connectivity index (χ3v) is 6.41. The van der Waals surface area contributed by atoms with Crippen LogP contribution >= 0.6 is 11.8 Å². The average molecular weight is 298 g/mol. The van der Waals surface area contributed by atoms with E-state index in [1.165, 1.54) is 56.5 Å². The molecule has 0 radical (unpaired) electrons. The van der Waals surface area contributed by atoms with E-state index in [0.717, 1.165) is 6.61 Å². The molecule has 3 heterocycles. The number of nitrogens with zero attached hydrogens (tertiary/aromatic N) is 1. The molecule has 3 unspecified atom stereocenters. The number of thioether (sulfide) groups is 1. The van der Waals surface area contributed by atoms with E-state index in [4.69, 9.17) is 4.74 Å². The highest BCUT2D eigenvalue weighted by Gasteiger charge is 2.40. The molecular weight excluding hydrogens is 268 g/mol. The highest BCUT2D eigenvalue weighted by atomic mass is 32.2. The Bertz CT molecular complexity index is 304. The number of nitrogens with one attached hydrogen (secondary N) is 1. The molecule has 0 bridgehead atoms. The fraction of sp³-hybridized carbons (Fsp3) is 1.00. The van der Waals surface area contributed by atoms with Gasteiger partial charge in [0.15, 0.2) is 0 Å². The van der Waals surface area contributed by atoms with Gasteiger partial charge in [-0.05, 0) is 63.9 Å². The summed E-state index contributed by atoms with van der Waals surface area (Å²) in [7, 11) is 0. The zero-order chi connectivity index (χ0) is 14.0. The fourth-order valence-corrected chi connectivity index (χ4v) is 5.35. The molecule has 20 heavy (non-hydrogen) atoms. The van der Waals surface area contributed by atoms with Crippen molar-refractivity contribution in [3.8, 4) is 0 Å². The molecule has 0 aromatic rings. The van der Waals surface area contributed by atoms with Crippen LogP contribution in [0.25, 0.3) is 0 Å². The molecule has 1 N–H and O–H groups in total. The monoisotopic (exact) mass is 298 g/mol. The zero-order valence-corrected chi connectivity index (χ0v) is 13.9. The lowest BCUT2D eigenvalue weighted by molar-refractivity contribution is -0.108. The minimum Gasteiger partial charge on any atom is -0.375 e. The average Bonchev–Trinajstić information content (AvgIpc) is 2.44. The van der Waals surface area contributed by atoms with Crippen LogP contribution in [0.2, 0.25) is 0 Å². The number of hydrogen-bond donors (Lipinski definition) is 1. The van der Waals surface area contributed by atoms with Crippen molar-refractivity contribution in [2.24, 2.45) is 0 Å². The van der Waals surface area contributed by atoms with Crippen molar-refractivity contribution in [3.05, 3.63) is 0 Å². The van der Waals surface area contributed by atoms with E-state index < -0.39 is 0 Å². The van der Waals surface area contributed by atoms with Gasteiger partial charge in [0.05, 0.1) is 5.60 Å². The molecular formula is C16H30N2OS. The normalized spacial score (nSPS) is 39.0. The SMILES string of the molecule is CC1CCCC(C)N1NC1CCOC2(CCSCC2)C1. The topological polar surface area (TPSA) is 24.5 Å². The second kappa shape index (κ2) is 6.55. The molecule has 4 heteroatoms. The highest BCUT2D eigenvalue weighted by Crippen LogP contribution is 2.37. The lowest BCUT2D eigenvalue weighted by Gasteiger charge is -2.47. The summed E-state index contributed by atoms with van der Waals surface area (Å²) >= 11 is 2.09. The van der Waals surface area contributed by atoms with Gasteiger partial charge in [-0.1, -0.05) is 6.42 Å². The molecule has 1 spiro atoms. The fourth-order valence-electron chi connectivity index (χ4n) is 4.12. The molecule has 3 nitrogen and oxygen atoms in total. The first kappa shape index (κ1) is 15.1. The van der Waals surface area contributed by atoms with E-state index in [1.54, 1.807) is 0 Å². The number of hydrogen-bond acceptors (Lipinski definition) is 4. The molecule has 3 fully saturated rings. The van der Waals surface area contributed by atoms with Crippen molar-refractivity contribution >= 4 is 11.8 Å². The van der Waals surface area contributed by atoms with Gasteiger partial charge in [-0.25, -0.2) is 5.01 Å². The third-order valence-electron chi connectivity index (χ3n) is 5.42. The highest BCUT2D eigenvalue weighted by molar-refractivity contribution is 7.99. The third kappa shape index (κ3) is 3.34. The number of ether oxygens (including phenoxy) is 1. The van der Waals surface area contributed by atoms with Crippen LogP contribution in [0.3, 0.4) is 0 Å². The minimum atomic E-state index is 0.198. The van der Waals surface area contributed by atoms with E-state index in [-0.39, 0.29) is 5.60 Å². The van der Waals surface area contributed by atoms with Crippen molar-refractivity contribution in [3.63, 3.8) is 0 Å². The lowest BCUT2D eigenvalue weighted by Crippen LogP contribution is -2.59. The van der Waals surface area contributed by atoms with Gasteiger partial charge < -0.3 is 4.74 Å². The largest absolute Gasteiger partial charge is 0.375 e. The number of piperidine rings is 1. The van der Waals surface area contributed by atoms with E-state index in [2.05, 4.69) is 36.0 Å². The Morgan fingerprint density at radius 1 is 1.10 bits per heavy atom. The van der Waals surface area contributed by atoms with E-state index in [0.29, 0.717) is 18.1 Å². The summed E-state index contributed by atoms with van der Waals surface area (Å²) in [6.45, 7) is 5.68. The molecule has 0 aromatic heterocycles. The summed E-state index contributed by atoms with van der Waals surface area (Å²) in [4.78, 5) is 0. The maximum atomic E-state index is 6.21. The second-order valence-electron chi connectivity index (χ2n) is 7.00. The van der Waals surface area contributed by atoms with E-state index in [1.807, 2.05) is 0 Å². The Kier molecular flexibility index (Phi) is 4.96. The Morgan fingerprint density at radius 2 is 1.80 bits per heavy atom. The molecule has 116 valence electrons. The Morgan fingerprint density at radius 3 is 2.50 bits per heavy atom. The van der Waals surface area contributed by atoms with Gasteiger partial charge >= 0.3 is 0 Å². The number of hydrazine groups is 1. The van der Waals surface area contributed by atoms with Crippen LogP contribution in [0.5, 0.6) is 0 Å². The smallest absolute Gasteiger partial charge is 0.0713 e. The lowest BCUT2D eigenvalue weighted by atomic mass is 9.85. The van der Waals surface area contributed by atoms with E-state index in [9.17, 15) is 0 Å². The van der Waals surface area contributed by atoms with Crippen LogP contribution in [0.1, 0.15) is 58.8 Å². The molecule has 3 atom stereocenters. The Hall–Kier alpha value is 0.230. The van der Waals surface area contributed by atoms with Crippen molar-refractivity contribution in [1.82, 2.24) is 10.4 Å². The standard InChI is InChI=1S/C16H30N2OS/c1-13-4-3-5-14(2)18(13)17-15-6-9-19-16(12-15)7-10-20-11-8-16/h13-15,17H,3-12H2,1-2H3. The zero-order valence-electron chi connectivity index (χ0n) is 13.1. The maximum absolute atomic E-state index is 6.21. The molecule has 0 amide bonds. The Labute approximate surface area is 128 Å². The summed E-state index contributed by atoms with van der Waals surface area (Å²) in [5.41, 5.74) is 4.07. The van der Waals surface area contributed by atoms with Crippen LogP contribution in [0.15, 0.2) is 0 Å². The molecule has 3 saturated heterocycles. The summed E-state index contributed by atoms with van der Waals surface area (Å²) in [6.07, 6.45) is 8.94. The van der Waals surface area contributed by atoms with Crippen molar-refractivity contribution in [2.45, 2.75) is 82.5 Å². The molecule has 0 aromatic carbocycles. The van der Waals surface area contributed by atoms with Crippen molar-refractivity contribution in [1.29, 1.82) is 0 Å². The molecule has 3 aliphatic heterocycles. The molecule has 3 rings (SSSR count). The van der Waals surface area contributed by atoms with Crippen molar-refractivity contribution in [2.75, 3.05) is 18.1 Å². The van der Waals surface area contributed by atoms with Gasteiger partial charge in [0.25, 0.3) is 0 Å². The van der Waals surface area contributed by atoms with Gasteiger partial charge in [-0.15, -0.1) is 0 Å². The van der Waals surface area contributed by atoms with Gasteiger partial charge in [0.1, 0.15) is 0 Å². The maximum Gasteiger partial charge on any atom is 0.0713 e. The van der Waals surface area contributed by atoms with Gasteiger partial charge in [-0.2, -0.15) is 11.8 Å². The molecule has 3 aliphatic rings. The number of rotatable bonds is 2. The van der Waals surface area contributed by atoms with Crippen LogP contribution < -0.4 is 5.43 Å². The van der Waals surface area contributed by atoms with Crippen LogP contribution in [0, 0.1) is 0 Å². The van der Waals surface area contributed by atoms with Crippen LogP contribution in [-0.2, 0) is 4.74 Å². The summed E-state index contributed by atoms with van der Waals surface area (Å²) in [5.74, 6) is 2.56. The van der Waals surface area contributed by atoms with Crippen LogP contribution in [0.4, 0.5) is 0 Å². The van der Waals surface area contributed by atoms with Gasteiger partial charge in [0.2, 0.25) is 0 Å². The Balaban J connectivity index is 1.59. The summed E-state index contributed by atoms with van der Waals surface area (Å²) in [6, 6.07) is 1.98. The molecule has 0 saturated carbocycles. The first-order chi connectivity index (χ1) is 9.69.